The molecule has 0 saturated carbocycles. The number of carbonyl (C=O) groups excluding carboxylic acids is 4. The third-order valence-corrected chi connectivity index (χ3v) is 12.1. The lowest BCUT2D eigenvalue weighted by molar-refractivity contribution is -0.160. The van der Waals surface area contributed by atoms with Crippen LogP contribution >= 0.6 is 0 Å². The van der Waals surface area contributed by atoms with E-state index in [9.17, 15) is 34.5 Å². The zero-order chi connectivity index (χ0) is 45.1. The van der Waals surface area contributed by atoms with Crippen molar-refractivity contribution in [2.45, 2.75) is 112 Å². The van der Waals surface area contributed by atoms with E-state index < -0.39 is 83.1 Å². The Morgan fingerprint density at radius 2 is 1.64 bits per heavy atom. The predicted octanol–water partition coefficient (Wildman–Crippen LogP) is 3.85. The number of aliphatic hydroxyl groups is 2. The monoisotopic (exact) mass is 850 g/mol. The molecule has 1 amide bonds. The molecule has 2 unspecified atom stereocenters. The number of aliphatic hydroxyl groups excluding tert-OH is 2. The quantitative estimate of drug-likeness (QED) is 0.156. The van der Waals surface area contributed by atoms with Crippen molar-refractivity contribution in [3.63, 3.8) is 0 Å². The molecule has 6 rings (SSSR count). The number of Topliss-reactive ketones (excluding diaryl/α,β-unsaturated/α-hetero) is 1. The Hall–Kier alpha value is -4.87. The van der Waals surface area contributed by atoms with Gasteiger partial charge in [-0.05, 0) is 33.8 Å². The molecule has 16 heteroatoms. The summed E-state index contributed by atoms with van der Waals surface area (Å²) in [5.41, 5.74) is -0.496. The summed E-state index contributed by atoms with van der Waals surface area (Å²) in [5.74, 6) is -7.45. The van der Waals surface area contributed by atoms with Crippen LogP contribution in [-0.2, 0) is 28.6 Å². The number of amides is 1. The van der Waals surface area contributed by atoms with Crippen LogP contribution in [-0.4, -0.2) is 125 Å². The molecule has 61 heavy (non-hydrogen) atoms. The molecule has 5 bridgehead atoms. The number of carbonyl (C=O) groups is 4. The number of esters is 1. The fourth-order valence-electron chi connectivity index (χ4n) is 8.66. The number of nitrogens with zero attached hydrogens (tertiary/aromatic N) is 2. The van der Waals surface area contributed by atoms with Gasteiger partial charge in [0.05, 0.1) is 47.0 Å². The zero-order valence-corrected chi connectivity index (χ0v) is 37.0. The van der Waals surface area contributed by atoms with Gasteiger partial charge in [-0.25, -0.2) is 0 Å². The molecule has 1 aliphatic carbocycles. The standard InChI is InChI=1S/C45H62N4O12/c1-22-13-12-14-23(2)44(56)47-31-19-32(51)34-35(40(31)55)39(54)29(8)42-36(34)43(48-59-18-16-49-20-24(3)46-25(4)21-49)45(10,61-42)58-17-15-33(57-11)26(5)41(60-30(9)50)28(7)38(53)27(6)37(22)52/h12-15,17,19,22,24-28,33,37-38,41,46,52-54H,16,18,20-21H2,1-11H3,(H,47,56)/t22-,24?,25?,26+,27+,28+,33-,37-,38+,41+,45-/m0/s1. The van der Waals surface area contributed by atoms with Crippen molar-refractivity contribution in [3.8, 4) is 11.5 Å². The Kier molecular flexibility index (Phi) is 15.0. The van der Waals surface area contributed by atoms with Crippen molar-refractivity contribution in [3.05, 3.63) is 70.2 Å². The van der Waals surface area contributed by atoms with E-state index in [0.717, 1.165) is 19.2 Å². The van der Waals surface area contributed by atoms with E-state index in [0.29, 0.717) is 6.54 Å². The van der Waals surface area contributed by atoms with Crippen LogP contribution in [0, 0.1) is 30.6 Å². The number of hydrogen-bond acceptors (Lipinski definition) is 15. The van der Waals surface area contributed by atoms with Crippen LogP contribution < -0.4 is 15.4 Å². The Bertz CT molecular complexity index is 2010. The Morgan fingerprint density at radius 1 is 0.967 bits per heavy atom. The first-order valence-corrected chi connectivity index (χ1v) is 20.9. The fraction of sp³-hybridized carbons (Fsp3) is 0.578. The van der Waals surface area contributed by atoms with Crippen LogP contribution in [0.2, 0.25) is 0 Å². The molecule has 4 heterocycles. The van der Waals surface area contributed by atoms with E-state index in [-0.39, 0.29) is 63.7 Å². The first kappa shape index (κ1) is 47.2. The number of allylic oxidation sites excluding steroid dienone is 4. The molecule has 5 aliphatic rings. The zero-order valence-electron chi connectivity index (χ0n) is 37.0. The van der Waals surface area contributed by atoms with Crippen molar-refractivity contribution >= 4 is 29.2 Å². The van der Waals surface area contributed by atoms with Crippen molar-refractivity contribution in [1.29, 1.82) is 0 Å². The van der Waals surface area contributed by atoms with Gasteiger partial charge < -0.3 is 49.7 Å². The summed E-state index contributed by atoms with van der Waals surface area (Å²) in [6.45, 7) is 19.4. The molecular formula is C45H62N4O12. The number of benzene rings is 1. The molecule has 4 aliphatic heterocycles. The van der Waals surface area contributed by atoms with Crippen molar-refractivity contribution in [2.24, 2.45) is 28.8 Å². The van der Waals surface area contributed by atoms with Crippen LogP contribution in [0.15, 0.2) is 53.1 Å². The summed E-state index contributed by atoms with van der Waals surface area (Å²) in [4.78, 5) is 62.2. The first-order valence-electron chi connectivity index (χ1n) is 20.9. The van der Waals surface area contributed by atoms with Gasteiger partial charge in [-0.15, -0.1) is 0 Å². The van der Waals surface area contributed by atoms with Gasteiger partial charge >= 0.3 is 5.97 Å². The maximum absolute atomic E-state index is 14.1. The second kappa shape index (κ2) is 19.5. The van der Waals surface area contributed by atoms with E-state index in [1.807, 2.05) is 0 Å². The number of phenols is 1. The van der Waals surface area contributed by atoms with Gasteiger partial charge in [0.1, 0.15) is 24.2 Å². The molecule has 0 spiro atoms. The third-order valence-electron chi connectivity index (χ3n) is 12.1. The number of aromatic hydroxyl groups is 1. The molecule has 334 valence electrons. The van der Waals surface area contributed by atoms with E-state index in [4.69, 9.17) is 23.8 Å². The highest BCUT2D eigenvalue weighted by Gasteiger charge is 2.51. The fourth-order valence-corrected chi connectivity index (χ4v) is 8.66. The van der Waals surface area contributed by atoms with Crippen LogP contribution in [0.1, 0.15) is 94.2 Å². The van der Waals surface area contributed by atoms with Crippen LogP contribution in [0.3, 0.4) is 0 Å². The topological polar surface area (TPSA) is 215 Å². The van der Waals surface area contributed by atoms with E-state index in [1.54, 1.807) is 52.8 Å². The van der Waals surface area contributed by atoms with E-state index >= 15 is 0 Å². The number of phenolic OH excluding ortho intramolecular Hbond substituents is 1. The average molecular weight is 851 g/mol. The summed E-state index contributed by atoms with van der Waals surface area (Å²) in [5, 5.41) is 44.9. The van der Waals surface area contributed by atoms with Gasteiger partial charge in [-0.2, -0.15) is 0 Å². The maximum atomic E-state index is 14.1. The SMILES string of the molecule is CO[C@H]1C=CO[C@@]2(C)Oc3c(C)c(O)c4c(c3C2=NOCCN2CC(C)NC(C)C2)C(=O)C=C(NC(=O)C(C)=CC=C[C@H](C)[C@H](O)[C@@H](C)[C@@H](O)[C@@H](C)[C@H](OC(C)=O)[C@@H]1C)C4=O. The maximum Gasteiger partial charge on any atom is 0.302 e. The van der Waals surface area contributed by atoms with Crippen molar-refractivity contribution < 1.29 is 58.3 Å². The van der Waals surface area contributed by atoms with E-state index in [2.05, 4.69) is 34.5 Å². The second-order valence-corrected chi connectivity index (χ2v) is 17.1. The van der Waals surface area contributed by atoms with Crippen molar-refractivity contribution in [2.75, 3.05) is 33.4 Å². The van der Waals surface area contributed by atoms with Gasteiger partial charge in [0.2, 0.25) is 5.78 Å². The number of hydrogen-bond donors (Lipinski definition) is 5. The molecule has 0 aromatic heterocycles. The highest BCUT2D eigenvalue weighted by Crippen LogP contribution is 2.48. The molecule has 16 nitrogen and oxygen atoms in total. The minimum Gasteiger partial charge on any atom is -0.507 e. The van der Waals surface area contributed by atoms with Gasteiger partial charge in [0, 0.05) is 93.6 Å². The lowest BCUT2D eigenvalue weighted by Crippen LogP contribution is -2.54. The van der Waals surface area contributed by atoms with E-state index in [1.165, 1.54) is 40.2 Å². The number of rotatable bonds is 6. The normalized spacial score (nSPS) is 33.4. The summed E-state index contributed by atoms with van der Waals surface area (Å²) in [7, 11) is 1.47. The molecule has 1 aromatic carbocycles. The lowest BCUT2D eigenvalue weighted by Gasteiger charge is -2.38. The second-order valence-electron chi connectivity index (χ2n) is 17.1. The molecular weight excluding hydrogens is 789 g/mol. The molecule has 1 aromatic rings. The van der Waals surface area contributed by atoms with Gasteiger partial charge in [0.15, 0.2) is 11.5 Å². The Balaban J connectivity index is 1.62. The molecule has 11 atom stereocenters. The number of oxime groups is 1. The highest BCUT2D eigenvalue weighted by atomic mass is 16.7. The molecule has 0 radical (unpaired) electrons. The summed E-state index contributed by atoms with van der Waals surface area (Å²) >= 11 is 0. The number of ketones is 2. The predicted molar refractivity (Wildman–Crippen MR) is 226 cm³/mol. The number of methoxy groups -OCH3 is 1. The number of ether oxygens (including phenoxy) is 4. The Labute approximate surface area is 357 Å². The van der Waals surface area contributed by atoms with Gasteiger partial charge in [0.25, 0.3) is 11.7 Å². The van der Waals surface area contributed by atoms with Crippen LogP contribution in [0.4, 0.5) is 0 Å². The number of nitrogens with one attached hydrogen (secondary N) is 2. The highest BCUT2D eigenvalue weighted by molar-refractivity contribution is 6.31. The molecule has 1 fully saturated rings. The van der Waals surface area contributed by atoms with Crippen molar-refractivity contribution in [1.82, 2.24) is 15.5 Å². The first-order chi connectivity index (χ1) is 28.7. The summed E-state index contributed by atoms with van der Waals surface area (Å²) in [6, 6.07) is 0.558. The van der Waals surface area contributed by atoms with Crippen LogP contribution in [0.25, 0.3) is 0 Å². The molecule has 1 saturated heterocycles. The largest absolute Gasteiger partial charge is 0.507 e. The van der Waals surface area contributed by atoms with Gasteiger partial charge in [-0.3, -0.25) is 24.1 Å². The summed E-state index contributed by atoms with van der Waals surface area (Å²) in [6.07, 6.45) is 4.82. The summed E-state index contributed by atoms with van der Waals surface area (Å²) < 4.78 is 24.4. The minimum absolute atomic E-state index is 0.00827. The number of fused-ring (bicyclic) bond motifs is 14. The molecule has 5 N–H and O–H groups in total. The third kappa shape index (κ3) is 10.1. The van der Waals surface area contributed by atoms with Gasteiger partial charge in [-0.1, -0.05) is 51.1 Å². The lowest BCUT2D eigenvalue weighted by atomic mass is 9.78. The minimum atomic E-state index is -1.80. The smallest absolute Gasteiger partial charge is 0.302 e. The Morgan fingerprint density at radius 3 is 2.28 bits per heavy atom. The van der Waals surface area contributed by atoms with Crippen LogP contribution in [0.5, 0.6) is 11.5 Å². The average Bonchev–Trinajstić information content (AvgIpc) is 3.49. The number of piperazine rings is 1.